The number of nitrogens with two attached hydrogens (primary N) is 1. The van der Waals surface area contributed by atoms with E-state index in [9.17, 15) is 4.39 Å². The standard InChI is InChI=1S/C14H16FNS/c1-10-5-6-11(8-13(10)15)14(2,16)9-12-4-3-7-17-12/h3-8H,9,16H2,1-2H3. The number of halogens is 1. The highest BCUT2D eigenvalue weighted by atomic mass is 32.1. The SMILES string of the molecule is Cc1ccc(C(C)(N)Cc2cccs2)cc1F. The minimum absolute atomic E-state index is 0.189. The van der Waals surface area contributed by atoms with E-state index < -0.39 is 5.54 Å². The Morgan fingerprint density at radius 3 is 2.71 bits per heavy atom. The first kappa shape index (κ1) is 12.3. The molecule has 0 amide bonds. The number of hydrogen-bond donors (Lipinski definition) is 1. The van der Waals surface area contributed by atoms with Gasteiger partial charge in [-0.1, -0.05) is 18.2 Å². The van der Waals surface area contributed by atoms with Crippen LogP contribution >= 0.6 is 11.3 Å². The van der Waals surface area contributed by atoms with E-state index in [4.69, 9.17) is 5.73 Å². The van der Waals surface area contributed by atoms with Crippen LogP contribution in [0.1, 0.15) is 22.9 Å². The summed E-state index contributed by atoms with van der Waals surface area (Å²) in [6.45, 7) is 3.70. The largest absolute Gasteiger partial charge is 0.321 e. The fourth-order valence-electron chi connectivity index (χ4n) is 1.83. The van der Waals surface area contributed by atoms with Crippen LogP contribution in [0.15, 0.2) is 35.7 Å². The van der Waals surface area contributed by atoms with Crippen molar-refractivity contribution in [1.29, 1.82) is 0 Å². The summed E-state index contributed by atoms with van der Waals surface area (Å²) >= 11 is 1.68. The van der Waals surface area contributed by atoms with Crippen molar-refractivity contribution in [1.82, 2.24) is 0 Å². The van der Waals surface area contributed by atoms with E-state index in [-0.39, 0.29) is 5.82 Å². The molecule has 0 aliphatic rings. The van der Waals surface area contributed by atoms with Crippen LogP contribution in [0, 0.1) is 12.7 Å². The summed E-state index contributed by atoms with van der Waals surface area (Å²) in [6, 6.07) is 9.30. The van der Waals surface area contributed by atoms with Gasteiger partial charge in [-0.2, -0.15) is 0 Å². The van der Waals surface area contributed by atoms with E-state index in [0.717, 1.165) is 12.0 Å². The molecule has 1 unspecified atom stereocenters. The third-order valence-corrected chi connectivity index (χ3v) is 3.83. The normalized spacial score (nSPS) is 14.6. The molecular formula is C14H16FNS. The molecule has 0 radical (unpaired) electrons. The van der Waals surface area contributed by atoms with Crippen molar-refractivity contribution in [3.05, 3.63) is 57.5 Å². The number of aryl methyl sites for hydroxylation is 1. The van der Waals surface area contributed by atoms with Gasteiger partial charge in [-0.25, -0.2) is 4.39 Å². The fourth-order valence-corrected chi connectivity index (χ4v) is 2.70. The summed E-state index contributed by atoms with van der Waals surface area (Å²) in [5.74, 6) is -0.189. The molecule has 0 spiro atoms. The summed E-state index contributed by atoms with van der Waals surface area (Å²) in [5.41, 5.74) is 7.25. The van der Waals surface area contributed by atoms with E-state index in [1.165, 1.54) is 4.88 Å². The van der Waals surface area contributed by atoms with E-state index >= 15 is 0 Å². The maximum atomic E-state index is 13.5. The van der Waals surface area contributed by atoms with Crippen LogP contribution in [0.25, 0.3) is 0 Å². The van der Waals surface area contributed by atoms with Gasteiger partial charge in [0, 0.05) is 16.8 Å². The average Bonchev–Trinajstić information content (AvgIpc) is 2.73. The van der Waals surface area contributed by atoms with E-state index in [0.29, 0.717) is 5.56 Å². The highest BCUT2D eigenvalue weighted by Crippen LogP contribution is 2.26. The van der Waals surface area contributed by atoms with Gasteiger partial charge in [-0.3, -0.25) is 0 Å². The molecule has 0 saturated carbocycles. The molecule has 90 valence electrons. The Balaban J connectivity index is 2.27. The maximum Gasteiger partial charge on any atom is 0.126 e. The Morgan fingerprint density at radius 2 is 2.12 bits per heavy atom. The van der Waals surface area contributed by atoms with Gasteiger partial charge in [0.1, 0.15) is 5.82 Å². The van der Waals surface area contributed by atoms with Crippen molar-refractivity contribution >= 4 is 11.3 Å². The smallest absolute Gasteiger partial charge is 0.126 e. The van der Waals surface area contributed by atoms with Gasteiger partial charge in [0.05, 0.1) is 0 Å². The summed E-state index contributed by atoms with van der Waals surface area (Å²) in [6.07, 6.45) is 0.729. The van der Waals surface area contributed by atoms with Gasteiger partial charge >= 0.3 is 0 Å². The van der Waals surface area contributed by atoms with Crippen molar-refractivity contribution in [2.24, 2.45) is 5.73 Å². The second-order valence-electron chi connectivity index (χ2n) is 4.64. The molecule has 1 aromatic heterocycles. The maximum absolute atomic E-state index is 13.5. The predicted molar refractivity (Wildman–Crippen MR) is 70.7 cm³/mol. The van der Waals surface area contributed by atoms with E-state index in [2.05, 4.69) is 6.07 Å². The highest BCUT2D eigenvalue weighted by molar-refractivity contribution is 7.09. The Kier molecular flexibility index (Phi) is 3.31. The second kappa shape index (κ2) is 4.59. The lowest BCUT2D eigenvalue weighted by atomic mass is 9.88. The molecule has 0 fully saturated rings. The highest BCUT2D eigenvalue weighted by Gasteiger charge is 2.22. The minimum Gasteiger partial charge on any atom is -0.321 e. The van der Waals surface area contributed by atoms with Crippen molar-refractivity contribution in [3.8, 4) is 0 Å². The lowest BCUT2D eigenvalue weighted by Gasteiger charge is -2.25. The van der Waals surface area contributed by atoms with Crippen molar-refractivity contribution < 1.29 is 4.39 Å². The van der Waals surface area contributed by atoms with Gasteiger partial charge in [0.15, 0.2) is 0 Å². The lowest BCUT2D eigenvalue weighted by molar-refractivity contribution is 0.489. The van der Waals surface area contributed by atoms with Crippen LogP contribution in [0.3, 0.4) is 0 Å². The molecule has 0 saturated heterocycles. The quantitative estimate of drug-likeness (QED) is 0.883. The van der Waals surface area contributed by atoms with Crippen LogP contribution in [0.5, 0.6) is 0 Å². The van der Waals surface area contributed by atoms with Gasteiger partial charge < -0.3 is 5.73 Å². The number of benzene rings is 1. The lowest BCUT2D eigenvalue weighted by Crippen LogP contribution is -2.35. The molecule has 0 aliphatic carbocycles. The molecule has 1 nitrogen and oxygen atoms in total. The fraction of sp³-hybridized carbons (Fsp3) is 0.286. The minimum atomic E-state index is -0.528. The number of rotatable bonds is 3. The van der Waals surface area contributed by atoms with Gasteiger partial charge in [-0.15, -0.1) is 11.3 Å². The zero-order chi connectivity index (χ0) is 12.5. The van der Waals surface area contributed by atoms with Gasteiger partial charge in [-0.05, 0) is 42.5 Å². The Bertz CT molecular complexity index is 503. The number of hydrogen-bond acceptors (Lipinski definition) is 2. The average molecular weight is 249 g/mol. The topological polar surface area (TPSA) is 26.0 Å². The van der Waals surface area contributed by atoms with E-state index in [1.54, 1.807) is 30.4 Å². The molecule has 3 heteroatoms. The molecule has 2 rings (SSSR count). The molecule has 0 aliphatic heterocycles. The molecule has 17 heavy (non-hydrogen) atoms. The van der Waals surface area contributed by atoms with Crippen LogP contribution in [-0.4, -0.2) is 0 Å². The van der Waals surface area contributed by atoms with Crippen LogP contribution in [0.2, 0.25) is 0 Å². The molecule has 2 aromatic rings. The molecule has 1 aromatic carbocycles. The van der Waals surface area contributed by atoms with Gasteiger partial charge in [0.2, 0.25) is 0 Å². The first-order valence-corrected chi connectivity index (χ1v) is 6.45. The van der Waals surface area contributed by atoms with Gasteiger partial charge in [0.25, 0.3) is 0 Å². The summed E-state index contributed by atoms with van der Waals surface area (Å²) in [4.78, 5) is 1.22. The molecule has 1 heterocycles. The van der Waals surface area contributed by atoms with Crippen molar-refractivity contribution in [2.45, 2.75) is 25.8 Å². The molecular weight excluding hydrogens is 233 g/mol. The third-order valence-electron chi connectivity index (χ3n) is 2.95. The summed E-state index contributed by atoms with van der Waals surface area (Å²) in [7, 11) is 0. The van der Waals surface area contributed by atoms with Crippen LogP contribution in [-0.2, 0) is 12.0 Å². The third kappa shape index (κ3) is 2.73. The second-order valence-corrected chi connectivity index (χ2v) is 5.67. The van der Waals surface area contributed by atoms with Crippen molar-refractivity contribution in [3.63, 3.8) is 0 Å². The molecule has 1 atom stereocenters. The molecule has 0 bridgehead atoms. The van der Waals surface area contributed by atoms with Crippen LogP contribution in [0.4, 0.5) is 4.39 Å². The first-order chi connectivity index (χ1) is 7.99. The first-order valence-electron chi connectivity index (χ1n) is 5.57. The zero-order valence-electron chi connectivity index (χ0n) is 10.0. The summed E-state index contributed by atoms with van der Waals surface area (Å²) in [5, 5.41) is 2.03. The Hall–Kier alpha value is -1.19. The van der Waals surface area contributed by atoms with Crippen molar-refractivity contribution in [2.75, 3.05) is 0 Å². The zero-order valence-corrected chi connectivity index (χ0v) is 10.9. The summed E-state index contributed by atoms with van der Waals surface area (Å²) < 4.78 is 13.5. The predicted octanol–water partition coefficient (Wildman–Crippen LogP) is 3.61. The Labute approximate surface area is 105 Å². The number of thiophene rings is 1. The van der Waals surface area contributed by atoms with Crippen LogP contribution < -0.4 is 5.73 Å². The van der Waals surface area contributed by atoms with E-state index in [1.807, 2.05) is 24.4 Å². The Morgan fingerprint density at radius 1 is 1.35 bits per heavy atom. The molecule has 2 N–H and O–H groups in total. The monoisotopic (exact) mass is 249 g/mol.